The van der Waals surface area contributed by atoms with Gasteiger partial charge in [-0.15, -0.1) is 0 Å². The maximum absolute atomic E-state index is 12.6. The summed E-state index contributed by atoms with van der Waals surface area (Å²) in [6.07, 6.45) is 4.46. The lowest BCUT2D eigenvalue weighted by Gasteiger charge is -2.21. The van der Waals surface area contributed by atoms with Crippen LogP contribution >= 0.6 is 0 Å². The van der Waals surface area contributed by atoms with Crippen molar-refractivity contribution in [2.45, 2.75) is 45.6 Å². The van der Waals surface area contributed by atoms with Crippen LogP contribution in [0, 0.1) is 6.92 Å². The number of benzene rings is 2. The predicted molar refractivity (Wildman–Crippen MR) is 96.7 cm³/mol. The fraction of sp³-hybridized carbons (Fsp3) is 0.381. The Morgan fingerprint density at radius 1 is 1.17 bits per heavy atom. The minimum absolute atomic E-state index is 0.0376. The highest BCUT2D eigenvalue weighted by Gasteiger charge is 2.19. The van der Waals surface area contributed by atoms with E-state index in [2.05, 4.69) is 31.3 Å². The number of hydrogen-bond donors (Lipinski definition) is 1. The van der Waals surface area contributed by atoms with E-state index in [9.17, 15) is 4.79 Å². The smallest absolute Gasteiger partial charge is 0.251 e. The van der Waals surface area contributed by atoms with Crippen LogP contribution < -0.4 is 10.1 Å². The van der Waals surface area contributed by atoms with Crippen LogP contribution in [0.25, 0.3) is 0 Å². The van der Waals surface area contributed by atoms with Crippen LogP contribution in [0.1, 0.15) is 58.4 Å². The van der Waals surface area contributed by atoms with Gasteiger partial charge in [0.1, 0.15) is 5.75 Å². The molecule has 126 valence electrons. The SMILES string of the molecule is CCC(NC(=O)c1ccc(OC)cc1)c1cc2c(cc1C)CCC2. The van der Waals surface area contributed by atoms with Crippen molar-refractivity contribution < 1.29 is 9.53 Å². The highest BCUT2D eigenvalue weighted by molar-refractivity contribution is 5.94. The van der Waals surface area contributed by atoms with E-state index in [0.717, 1.165) is 18.6 Å². The quantitative estimate of drug-likeness (QED) is 0.887. The summed E-state index contributed by atoms with van der Waals surface area (Å²) in [5.41, 5.74) is 6.12. The van der Waals surface area contributed by atoms with Crippen LogP contribution in [0.5, 0.6) is 5.75 Å². The zero-order chi connectivity index (χ0) is 17.1. The van der Waals surface area contributed by atoms with Gasteiger partial charge in [-0.05, 0) is 79.1 Å². The summed E-state index contributed by atoms with van der Waals surface area (Å²) in [7, 11) is 1.62. The Balaban J connectivity index is 1.80. The van der Waals surface area contributed by atoms with Crippen molar-refractivity contribution in [1.82, 2.24) is 5.32 Å². The molecule has 0 aliphatic heterocycles. The van der Waals surface area contributed by atoms with E-state index < -0.39 is 0 Å². The van der Waals surface area contributed by atoms with Gasteiger partial charge in [0.15, 0.2) is 0 Å². The first-order valence-corrected chi connectivity index (χ1v) is 8.69. The number of carbonyl (C=O) groups excluding carboxylic acids is 1. The molecule has 0 bridgehead atoms. The van der Waals surface area contributed by atoms with Crippen molar-refractivity contribution in [3.63, 3.8) is 0 Å². The molecule has 0 saturated carbocycles. The van der Waals surface area contributed by atoms with Crippen LogP contribution in [-0.4, -0.2) is 13.0 Å². The van der Waals surface area contributed by atoms with Crippen LogP contribution in [0.3, 0.4) is 0 Å². The predicted octanol–water partition coefficient (Wildman–Crippen LogP) is 4.37. The van der Waals surface area contributed by atoms with E-state index in [4.69, 9.17) is 4.74 Å². The number of nitrogens with one attached hydrogen (secondary N) is 1. The van der Waals surface area contributed by atoms with E-state index in [1.807, 2.05) is 12.1 Å². The fourth-order valence-corrected chi connectivity index (χ4v) is 3.53. The van der Waals surface area contributed by atoms with E-state index in [0.29, 0.717) is 5.56 Å². The summed E-state index contributed by atoms with van der Waals surface area (Å²) >= 11 is 0. The van der Waals surface area contributed by atoms with Crippen molar-refractivity contribution in [3.8, 4) is 5.75 Å². The Morgan fingerprint density at radius 2 is 1.83 bits per heavy atom. The first kappa shape index (κ1) is 16.6. The second-order valence-electron chi connectivity index (χ2n) is 6.49. The molecule has 0 heterocycles. The highest BCUT2D eigenvalue weighted by atomic mass is 16.5. The normalized spacial score (nSPS) is 14.1. The van der Waals surface area contributed by atoms with Gasteiger partial charge in [-0.2, -0.15) is 0 Å². The van der Waals surface area contributed by atoms with Crippen molar-refractivity contribution in [2.24, 2.45) is 0 Å². The molecule has 1 amide bonds. The molecule has 2 aromatic rings. The topological polar surface area (TPSA) is 38.3 Å². The number of aryl methyl sites for hydroxylation is 3. The maximum Gasteiger partial charge on any atom is 0.251 e. The molecule has 1 aliphatic carbocycles. The molecule has 0 aromatic heterocycles. The minimum atomic E-state index is -0.0376. The van der Waals surface area contributed by atoms with Crippen LogP contribution in [0.2, 0.25) is 0 Å². The molecule has 2 aromatic carbocycles. The lowest BCUT2D eigenvalue weighted by atomic mass is 9.94. The van der Waals surface area contributed by atoms with Gasteiger partial charge in [0, 0.05) is 5.56 Å². The number of carbonyl (C=O) groups is 1. The van der Waals surface area contributed by atoms with Crippen molar-refractivity contribution in [3.05, 3.63) is 64.2 Å². The fourth-order valence-electron chi connectivity index (χ4n) is 3.53. The summed E-state index contributed by atoms with van der Waals surface area (Å²) in [6.45, 7) is 4.27. The summed E-state index contributed by atoms with van der Waals surface area (Å²) in [5, 5.41) is 3.19. The summed E-state index contributed by atoms with van der Waals surface area (Å²) in [4.78, 5) is 12.6. The van der Waals surface area contributed by atoms with Gasteiger partial charge in [0.05, 0.1) is 13.2 Å². The van der Waals surface area contributed by atoms with Crippen LogP contribution in [0.4, 0.5) is 0 Å². The Morgan fingerprint density at radius 3 is 2.46 bits per heavy atom. The molecule has 1 aliphatic rings. The zero-order valence-electron chi connectivity index (χ0n) is 14.7. The molecule has 0 saturated heterocycles. The highest BCUT2D eigenvalue weighted by Crippen LogP contribution is 2.29. The monoisotopic (exact) mass is 323 g/mol. The van der Waals surface area contributed by atoms with E-state index in [1.54, 1.807) is 19.2 Å². The summed E-state index contributed by atoms with van der Waals surface area (Å²) < 4.78 is 5.15. The van der Waals surface area contributed by atoms with Gasteiger partial charge in [-0.25, -0.2) is 0 Å². The van der Waals surface area contributed by atoms with Gasteiger partial charge < -0.3 is 10.1 Å². The van der Waals surface area contributed by atoms with Gasteiger partial charge >= 0.3 is 0 Å². The Kier molecular flexibility index (Phi) is 4.89. The molecule has 3 rings (SSSR count). The van der Waals surface area contributed by atoms with E-state index in [1.165, 1.54) is 35.1 Å². The second kappa shape index (κ2) is 7.08. The first-order valence-electron chi connectivity index (χ1n) is 8.69. The largest absolute Gasteiger partial charge is 0.497 e. The molecule has 0 fully saturated rings. The second-order valence-corrected chi connectivity index (χ2v) is 6.49. The third-order valence-electron chi connectivity index (χ3n) is 4.92. The third kappa shape index (κ3) is 3.30. The summed E-state index contributed by atoms with van der Waals surface area (Å²) in [6, 6.07) is 11.9. The number of rotatable bonds is 5. The van der Waals surface area contributed by atoms with Crippen molar-refractivity contribution in [1.29, 1.82) is 0 Å². The number of ether oxygens (including phenoxy) is 1. The van der Waals surface area contributed by atoms with Crippen LogP contribution in [0.15, 0.2) is 36.4 Å². The Hall–Kier alpha value is -2.29. The Labute approximate surface area is 144 Å². The van der Waals surface area contributed by atoms with Gasteiger partial charge in [-0.1, -0.05) is 19.1 Å². The third-order valence-corrected chi connectivity index (χ3v) is 4.92. The maximum atomic E-state index is 12.6. The molecular weight excluding hydrogens is 298 g/mol. The first-order chi connectivity index (χ1) is 11.6. The number of fused-ring (bicyclic) bond motifs is 1. The molecule has 1 unspecified atom stereocenters. The average Bonchev–Trinajstić information content (AvgIpc) is 3.06. The molecule has 24 heavy (non-hydrogen) atoms. The molecular formula is C21H25NO2. The minimum Gasteiger partial charge on any atom is -0.497 e. The van der Waals surface area contributed by atoms with Gasteiger partial charge in [0.2, 0.25) is 0 Å². The van der Waals surface area contributed by atoms with Crippen LogP contribution in [-0.2, 0) is 12.8 Å². The molecule has 0 spiro atoms. The summed E-state index contributed by atoms with van der Waals surface area (Å²) in [5.74, 6) is 0.720. The number of hydrogen-bond acceptors (Lipinski definition) is 2. The van der Waals surface area contributed by atoms with E-state index in [-0.39, 0.29) is 11.9 Å². The number of methoxy groups -OCH3 is 1. The average molecular weight is 323 g/mol. The lowest BCUT2D eigenvalue weighted by molar-refractivity contribution is 0.0935. The molecule has 1 atom stereocenters. The van der Waals surface area contributed by atoms with Gasteiger partial charge in [0.25, 0.3) is 5.91 Å². The van der Waals surface area contributed by atoms with Gasteiger partial charge in [-0.3, -0.25) is 4.79 Å². The standard InChI is InChI=1S/C21H25NO2/c1-4-20(19-13-17-7-5-6-16(17)12-14(19)2)22-21(23)15-8-10-18(24-3)11-9-15/h8-13,20H,4-7H2,1-3H3,(H,22,23). The van der Waals surface area contributed by atoms with Crippen molar-refractivity contribution >= 4 is 5.91 Å². The Bertz CT molecular complexity index is 734. The number of amides is 1. The molecule has 0 radical (unpaired) electrons. The van der Waals surface area contributed by atoms with E-state index >= 15 is 0 Å². The zero-order valence-corrected chi connectivity index (χ0v) is 14.7. The molecule has 3 nitrogen and oxygen atoms in total. The van der Waals surface area contributed by atoms with Crippen molar-refractivity contribution in [2.75, 3.05) is 7.11 Å². The molecule has 3 heteroatoms. The molecule has 1 N–H and O–H groups in total. The lowest BCUT2D eigenvalue weighted by Crippen LogP contribution is -2.28.